The fourth-order valence-electron chi connectivity index (χ4n) is 2.03. The predicted octanol–water partition coefficient (Wildman–Crippen LogP) is 2.56. The fourth-order valence-corrected chi connectivity index (χ4v) is 2.03. The van der Waals surface area contributed by atoms with Crippen LogP contribution >= 0.6 is 0 Å². The van der Waals surface area contributed by atoms with Gasteiger partial charge in [-0.25, -0.2) is 0 Å². The highest BCUT2D eigenvalue weighted by atomic mass is 16.3. The molecule has 78 valence electrons. The van der Waals surface area contributed by atoms with Gasteiger partial charge in [0.25, 0.3) is 0 Å². The van der Waals surface area contributed by atoms with Crippen molar-refractivity contribution in [1.29, 1.82) is 0 Å². The number of nitrogens with one attached hydrogen (secondary N) is 1. The van der Waals surface area contributed by atoms with E-state index in [1.807, 2.05) is 6.07 Å². The first-order chi connectivity index (χ1) is 6.63. The molecule has 0 aliphatic heterocycles. The van der Waals surface area contributed by atoms with Crippen LogP contribution in [-0.4, -0.2) is 12.6 Å². The Morgan fingerprint density at radius 1 is 1.64 bits per heavy atom. The summed E-state index contributed by atoms with van der Waals surface area (Å²) in [6.07, 6.45) is 3.02. The van der Waals surface area contributed by atoms with Gasteiger partial charge < -0.3 is 9.73 Å². The van der Waals surface area contributed by atoms with Crippen LogP contribution in [0.2, 0.25) is 0 Å². The first-order valence-corrected chi connectivity index (χ1v) is 5.40. The van der Waals surface area contributed by atoms with Crippen molar-refractivity contribution >= 4 is 0 Å². The van der Waals surface area contributed by atoms with E-state index in [0.29, 0.717) is 11.5 Å². The van der Waals surface area contributed by atoms with Gasteiger partial charge in [-0.05, 0) is 31.0 Å². The summed E-state index contributed by atoms with van der Waals surface area (Å²) in [6, 6.07) is 4.65. The molecule has 1 heterocycles. The Labute approximate surface area is 85.7 Å². The second kappa shape index (κ2) is 3.43. The van der Waals surface area contributed by atoms with E-state index in [9.17, 15) is 0 Å². The van der Waals surface area contributed by atoms with Crippen molar-refractivity contribution in [3.05, 3.63) is 24.2 Å². The van der Waals surface area contributed by atoms with Crippen LogP contribution in [0.5, 0.6) is 0 Å². The van der Waals surface area contributed by atoms with Gasteiger partial charge in [-0.15, -0.1) is 0 Å². The van der Waals surface area contributed by atoms with Crippen molar-refractivity contribution in [3.63, 3.8) is 0 Å². The topological polar surface area (TPSA) is 25.2 Å². The lowest BCUT2D eigenvalue weighted by atomic mass is 10.0. The summed E-state index contributed by atoms with van der Waals surface area (Å²) in [5.74, 6) is 1.89. The molecule has 1 N–H and O–H groups in total. The van der Waals surface area contributed by atoms with Crippen LogP contribution in [0.1, 0.15) is 33.0 Å². The van der Waals surface area contributed by atoms with E-state index < -0.39 is 0 Å². The van der Waals surface area contributed by atoms with E-state index in [-0.39, 0.29) is 0 Å². The van der Waals surface area contributed by atoms with E-state index in [2.05, 4.69) is 32.2 Å². The zero-order valence-electron chi connectivity index (χ0n) is 9.21. The molecule has 14 heavy (non-hydrogen) atoms. The normalized spacial score (nSPS) is 31.0. The number of hydrogen-bond donors (Lipinski definition) is 1. The molecule has 2 unspecified atom stereocenters. The van der Waals surface area contributed by atoms with Crippen molar-refractivity contribution < 1.29 is 4.42 Å². The zero-order chi connectivity index (χ0) is 10.2. The summed E-state index contributed by atoms with van der Waals surface area (Å²) in [5, 5.41) is 3.48. The highest BCUT2D eigenvalue weighted by Gasteiger charge is 2.52. The lowest BCUT2D eigenvalue weighted by molar-refractivity contribution is 0.436. The van der Waals surface area contributed by atoms with Crippen LogP contribution in [0, 0.1) is 5.92 Å². The van der Waals surface area contributed by atoms with Gasteiger partial charge in [-0.1, -0.05) is 20.8 Å². The molecule has 2 heteroatoms. The standard InChI is InChI=1S/C12H19NO/c1-9(2)13-8-10-7-12(10,3)11-5-4-6-14-11/h4-6,9-10,13H,7-8H2,1-3H3. The fraction of sp³-hybridized carbons (Fsp3) is 0.667. The van der Waals surface area contributed by atoms with E-state index in [4.69, 9.17) is 4.42 Å². The van der Waals surface area contributed by atoms with Gasteiger partial charge in [-0.2, -0.15) is 0 Å². The number of furan rings is 1. The minimum Gasteiger partial charge on any atom is -0.469 e. The van der Waals surface area contributed by atoms with Crippen LogP contribution < -0.4 is 5.32 Å². The highest BCUT2D eigenvalue weighted by Crippen LogP contribution is 2.53. The zero-order valence-corrected chi connectivity index (χ0v) is 9.21. The largest absolute Gasteiger partial charge is 0.469 e. The molecular weight excluding hydrogens is 174 g/mol. The molecule has 1 aromatic heterocycles. The number of rotatable bonds is 4. The third-order valence-corrected chi connectivity index (χ3v) is 3.27. The highest BCUT2D eigenvalue weighted by molar-refractivity contribution is 5.24. The Morgan fingerprint density at radius 3 is 3.00 bits per heavy atom. The summed E-state index contributed by atoms with van der Waals surface area (Å²) in [5.41, 5.74) is 0.297. The summed E-state index contributed by atoms with van der Waals surface area (Å²) >= 11 is 0. The lowest BCUT2D eigenvalue weighted by Gasteiger charge is -2.10. The molecular formula is C12H19NO. The quantitative estimate of drug-likeness (QED) is 0.795. The molecule has 0 amide bonds. The summed E-state index contributed by atoms with van der Waals surface area (Å²) < 4.78 is 5.47. The minimum absolute atomic E-state index is 0.297. The van der Waals surface area contributed by atoms with Crippen LogP contribution in [0.25, 0.3) is 0 Å². The second-order valence-corrected chi connectivity index (χ2v) is 4.86. The molecule has 1 aliphatic rings. The Hall–Kier alpha value is -0.760. The number of hydrogen-bond acceptors (Lipinski definition) is 2. The average Bonchev–Trinajstić information content (AvgIpc) is 2.63. The molecule has 2 nitrogen and oxygen atoms in total. The SMILES string of the molecule is CC(C)NCC1CC1(C)c1ccco1. The molecule has 1 saturated carbocycles. The van der Waals surface area contributed by atoms with E-state index in [1.54, 1.807) is 6.26 Å². The Bertz CT molecular complexity index is 291. The predicted molar refractivity (Wildman–Crippen MR) is 57.3 cm³/mol. The van der Waals surface area contributed by atoms with E-state index in [1.165, 1.54) is 6.42 Å². The van der Waals surface area contributed by atoms with Gasteiger partial charge >= 0.3 is 0 Å². The van der Waals surface area contributed by atoms with Gasteiger partial charge in [0.1, 0.15) is 5.76 Å². The molecule has 0 aromatic carbocycles. The van der Waals surface area contributed by atoms with Gasteiger partial charge in [-0.3, -0.25) is 0 Å². The van der Waals surface area contributed by atoms with Gasteiger partial charge in [0.15, 0.2) is 0 Å². The lowest BCUT2D eigenvalue weighted by Crippen LogP contribution is -2.26. The van der Waals surface area contributed by atoms with Crippen molar-refractivity contribution in [3.8, 4) is 0 Å². The van der Waals surface area contributed by atoms with E-state index in [0.717, 1.165) is 18.2 Å². The molecule has 0 radical (unpaired) electrons. The van der Waals surface area contributed by atoms with Gasteiger partial charge in [0.05, 0.1) is 6.26 Å². The monoisotopic (exact) mass is 193 g/mol. The molecule has 1 fully saturated rings. The summed E-state index contributed by atoms with van der Waals surface area (Å²) in [7, 11) is 0. The van der Waals surface area contributed by atoms with Crippen molar-refractivity contribution in [2.75, 3.05) is 6.54 Å². The van der Waals surface area contributed by atoms with Gasteiger partial charge in [0.2, 0.25) is 0 Å². The average molecular weight is 193 g/mol. The molecule has 1 aromatic rings. The Morgan fingerprint density at radius 2 is 2.43 bits per heavy atom. The smallest absolute Gasteiger partial charge is 0.109 e. The van der Waals surface area contributed by atoms with Crippen molar-refractivity contribution in [2.24, 2.45) is 5.92 Å². The summed E-state index contributed by atoms with van der Waals surface area (Å²) in [6.45, 7) is 7.77. The van der Waals surface area contributed by atoms with Crippen LogP contribution in [0.4, 0.5) is 0 Å². The van der Waals surface area contributed by atoms with Crippen molar-refractivity contribution in [2.45, 2.75) is 38.6 Å². The second-order valence-electron chi connectivity index (χ2n) is 4.86. The molecule has 0 spiro atoms. The van der Waals surface area contributed by atoms with Gasteiger partial charge in [0, 0.05) is 11.5 Å². The summed E-state index contributed by atoms with van der Waals surface area (Å²) in [4.78, 5) is 0. The third kappa shape index (κ3) is 1.71. The van der Waals surface area contributed by atoms with Crippen LogP contribution in [-0.2, 0) is 5.41 Å². The first-order valence-electron chi connectivity index (χ1n) is 5.40. The maximum Gasteiger partial charge on any atom is 0.109 e. The van der Waals surface area contributed by atoms with Crippen LogP contribution in [0.3, 0.4) is 0 Å². The van der Waals surface area contributed by atoms with Crippen LogP contribution in [0.15, 0.2) is 22.8 Å². The molecule has 2 atom stereocenters. The van der Waals surface area contributed by atoms with E-state index >= 15 is 0 Å². The molecule has 2 rings (SSSR count). The minimum atomic E-state index is 0.297. The third-order valence-electron chi connectivity index (χ3n) is 3.27. The Kier molecular flexibility index (Phi) is 2.40. The molecule has 0 bridgehead atoms. The maximum atomic E-state index is 5.47. The first kappa shape index (κ1) is 9.78. The van der Waals surface area contributed by atoms with Crippen molar-refractivity contribution in [1.82, 2.24) is 5.32 Å². The Balaban J connectivity index is 1.90. The maximum absolute atomic E-state index is 5.47. The molecule has 0 saturated heterocycles. The molecule has 1 aliphatic carbocycles.